The van der Waals surface area contributed by atoms with E-state index in [1.165, 1.54) is 33.0 Å². The van der Waals surface area contributed by atoms with Crippen molar-refractivity contribution >= 4 is 10.8 Å². The molecule has 0 aliphatic rings. The van der Waals surface area contributed by atoms with E-state index in [-0.39, 0.29) is 0 Å². The molecule has 0 radical (unpaired) electrons. The Labute approximate surface area is 166 Å². The minimum atomic E-state index is 0.533. The molecule has 0 N–H and O–H groups in total. The van der Waals surface area contributed by atoms with Crippen molar-refractivity contribution in [3.8, 4) is 16.9 Å². The predicted octanol–water partition coefficient (Wildman–Crippen LogP) is 6.86. The summed E-state index contributed by atoms with van der Waals surface area (Å²) < 4.78 is 5.55. The molecule has 28 heavy (non-hydrogen) atoms. The number of rotatable bonds is 7. The van der Waals surface area contributed by atoms with Crippen LogP contribution in [0.4, 0.5) is 0 Å². The third kappa shape index (κ3) is 4.32. The van der Waals surface area contributed by atoms with Gasteiger partial charge in [-0.2, -0.15) is 0 Å². The summed E-state index contributed by atoms with van der Waals surface area (Å²) in [6.07, 6.45) is 3.86. The van der Waals surface area contributed by atoms with Crippen molar-refractivity contribution in [3.05, 3.63) is 115 Å². The van der Waals surface area contributed by atoms with Crippen LogP contribution in [0.3, 0.4) is 0 Å². The average Bonchev–Trinajstić information content (AvgIpc) is 2.77. The Bertz CT molecular complexity index is 1060. The van der Waals surface area contributed by atoms with Crippen LogP contribution in [-0.2, 0) is 12.8 Å². The third-order valence-corrected chi connectivity index (χ3v) is 5.03. The molecule has 0 unspecified atom stereocenters. The van der Waals surface area contributed by atoms with Crippen molar-refractivity contribution in [3.63, 3.8) is 0 Å². The second-order valence-electron chi connectivity index (χ2n) is 7.00. The van der Waals surface area contributed by atoms with E-state index in [0.29, 0.717) is 6.61 Å². The van der Waals surface area contributed by atoms with Gasteiger partial charge in [0.25, 0.3) is 0 Å². The molecule has 0 aliphatic carbocycles. The van der Waals surface area contributed by atoms with Crippen LogP contribution >= 0.6 is 0 Å². The first kappa shape index (κ1) is 18.1. The van der Waals surface area contributed by atoms with Gasteiger partial charge in [0.2, 0.25) is 0 Å². The second kappa shape index (κ2) is 8.58. The van der Waals surface area contributed by atoms with Crippen LogP contribution < -0.4 is 4.74 Å². The van der Waals surface area contributed by atoms with E-state index in [2.05, 4.69) is 85.4 Å². The summed E-state index contributed by atoms with van der Waals surface area (Å²) in [6.45, 7) is 4.20. The van der Waals surface area contributed by atoms with E-state index in [1.807, 2.05) is 12.1 Å². The van der Waals surface area contributed by atoms with Gasteiger partial charge in [0.1, 0.15) is 12.4 Å². The molecular formula is C27H24O. The molecule has 0 amide bonds. The van der Waals surface area contributed by atoms with Crippen molar-refractivity contribution in [1.29, 1.82) is 0 Å². The summed E-state index contributed by atoms with van der Waals surface area (Å²) in [5.41, 5.74) is 5.18. The standard InChI is InChI=1S/C27H24O/c1-2-19-28-27-17-15-25(16-18-27)24-12-9-21(10-13-24)7-8-22-11-14-23-5-3-4-6-26(23)20-22/h2-6,9-18,20H,1,7-8,19H2. The molecule has 4 aromatic carbocycles. The van der Waals surface area contributed by atoms with Gasteiger partial charge in [-0.1, -0.05) is 91.5 Å². The SMILES string of the molecule is C=CCOc1ccc(-c2ccc(CCc3ccc4ccccc4c3)cc2)cc1. The molecule has 0 saturated carbocycles. The monoisotopic (exact) mass is 364 g/mol. The van der Waals surface area contributed by atoms with Crippen molar-refractivity contribution < 1.29 is 4.74 Å². The second-order valence-corrected chi connectivity index (χ2v) is 7.00. The molecule has 0 saturated heterocycles. The van der Waals surface area contributed by atoms with Crippen molar-refractivity contribution in [1.82, 2.24) is 0 Å². The lowest BCUT2D eigenvalue weighted by Gasteiger charge is -2.07. The Kier molecular flexibility index (Phi) is 5.53. The van der Waals surface area contributed by atoms with Crippen LogP contribution in [0.1, 0.15) is 11.1 Å². The highest BCUT2D eigenvalue weighted by atomic mass is 16.5. The molecule has 0 atom stereocenters. The van der Waals surface area contributed by atoms with Crippen LogP contribution in [-0.4, -0.2) is 6.61 Å². The largest absolute Gasteiger partial charge is 0.490 e. The highest BCUT2D eigenvalue weighted by Gasteiger charge is 2.01. The van der Waals surface area contributed by atoms with Gasteiger partial charge in [0.05, 0.1) is 0 Å². The Morgan fingerprint density at radius 3 is 1.96 bits per heavy atom. The fourth-order valence-electron chi connectivity index (χ4n) is 3.45. The van der Waals surface area contributed by atoms with Crippen LogP contribution in [0.15, 0.2) is 104 Å². The zero-order valence-corrected chi connectivity index (χ0v) is 16.0. The molecule has 1 nitrogen and oxygen atoms in total. The van der Waals surface area contributed by atoms with Gasteiger partial charge in [0.15, 0.2) is 0 Å². The number of ether oxygens (including phenoxy) is 1. The molecule has 0 spiro atoms. The summed E-state index contributed by atoms with van der Waals surface area (Å²) in [5, 5.41) is 2.62. The molecule has 0 aliphatic heterocycles. The summed E-state index contributed by atoms with van der Waals surface area (Å²) in [4.78, 5) is 0. The van der Waals surface area contributed by atoms with Crippen LogP contribution in [0.5, 0.6) is 5.75 Å². The maximum atomic E-state index is 5.55. The molecule has 0 heterocycles. The summed E-state index contributed by atoms with van der Waals surface area (Å²) in [7, 11) is 0. The number of aryl methyl sites for hydroxylation is 2. The van der Waals surface area contributed by atoms with Crippen LogP contribution in [0.2, 0.25) is 0 Å². The first-order valence-corrected chi connectivity index (χ1v) is 9.72. The number of hydrogen-bond donors (Lipinski definition) is 0. The van der Waals surface area contributed by atoms with E-state index in [4.69, 9.17) is 4.74 Å². The summed E-state index contributed by atoms with van der Waals surface area (Å²) in [6, 6.07) is 32.4. The molecule has 1 heteroatoms. The minimum absolute atomic E-state index is 0.533. The van der Waals surface area contributed by atoms with Crippen molar-refractivity contribution in [2.75, 3.05) is 6.61 Å². The van der Waals surface area contributed by atoms with E-state index in [9.17, 15) is 0 Å². The quantitative estimate of drug-likeness (QED) is 0.326. The van der Waals surface area contributed by atoms with Crippen LogP contribution in [0.25, 0.3) is 21.9 Å². The lowest BCUT2D eigenvalue weighted by Crippen LogP contribution is -1.92. The minimum Gasteiger partial charge on any atom is -0.490 e. The lowest BCUT2D eigenvalue weighted by molar-refractivity contribution is 0.363. The fourth-order valence-corrected chi connectivity index (χ4v) is 3.45. The fraction of sp³-hybridized carbons (Fsp3) is 0.111. The summed E-state index contributed by atoms with van der Waals surface area (Å²) in [5.74, 6) is 0.871. The van der Waals surface area contributed by atoms with Crippen molar-refractivity contribution in [2.45, 2.75) is 12.8 Å². The Morgan fingerprint density at radius 2 is 1.25 bits per heavy atom. The number of fused-ring (bicyclic) bond motifs is 1. The van der Waals surface area contributed by atoms with Gasteiger partial charge < -0.3 is 4.74 Å². The highest BCUT2D eigenvalue weighted by molar-refractivity contribution is 5.83. The molecular weight excluding hydrogens is 340 g/mol. The Morgan fingerprint density at radius 1 is 0.643 bits per heavy atom. The number of hydrogen-bond acceptors (Lipinski definition) is 1. The highest BCUT2D eigenvalue weighted by Crippen LogP contribution is 2.23. The van der Waals surface area contributed by atoms with E-state index in [0.717, 1.165) is 18.6 Å². The lowest BCUT2D eigenvalue weighted by atomic mass is 9.99. The maximum Gasteiger partial charge on any atom is 0.119 e. The zero-order chi connectivity index (χ0) is 19.2. The zero-order valence-electron chi connectivity index (χ0n) is 16.0. The van der Waals surface area contributed by atoms with E-state index < -0.39 is 0 Å². The van der Waals surface area contributed by atoms with Gasteiger partial charge in [-0.3, -0.25) is 0 Å². The van der Waals surface area contributed by atoms with Crippen molar-refractivity contribution in [2.24, 2.45) is 0 Å². The average molecular weight is 364 g/mol. The van der Waals surface area contributed by atoms with Gasteiger partial charge in [-0.15, -0.1) is 0 Å². The molecule has 4 rings (SSSR count). The third-order valence-electron chi connectivity index (χ3n) is 5.03. The molecule has 0 fully saturated rings. The summed E-state index contributed by atoms with van der Waals surface area (Å²) >= 11 is 0. The first-order valence-electron chi connectivity index (χ1n) is 9.72. The Balaban J connectivity index is 1.40. The molecule has 0 bridgehead atoms. The Hall–Kier alpha value is -3.32. The van der Waals surface area contributed by atoms with Crippen LogP contribution in [0, 0.1) is 0 Å². The predicted molar refractivity (Wildman–Crippen MR) is 119 cm³/mol. The number of benzene rings is 4. The van der Waals surface area contributed by atoms with Gasteiger partial charge >= 0.3 is 0 Å². The van der Waals surface area contributed by atoms with Gasteiger partial charge in [-0.25, -0.2) is 0 Å². The maximum absolute atomic E-state index is 5.55. The van der Waals surface area contributed by atoms with E-state index >= 15 is 0 Å². The molecule has 4 aromatic rings. The topological polar surface area (TPSA) is 9.23 Å². The molecule has 138 valence electrons. The van der Waals surface area contributed by atoms with Gasteiger partial charge in [0, 0.05) is 0 Å². The van der Waals surface area contributed by atoms with Gasteiger partial charge in [-0.05, 0) is 58.0 Å². The first-order chi connectivity index (χ1) is 13.8. The normalized spacial score (nSPS) is 10.7. The smallest absolute Gasteiger partial charge is 0.119 e. The van der Waals surface area contributed by atoms with E-state index in [1.54, 1.807) is 6.08 Å². The molecule has 0 aromatic heterocycles.